The second-order valence-corrected chi connectivity index (χ2v) is 7.68. The van der Waals surface area contributed by atoms with Gasteiger partial charge < -0.3 is 10.6 Å². The van der Waals surface area contributed by atoms with Gasteiger partial charge in [-0.05, 0) is 48.7 Å². The van der Waals surface area contributed by atoms with Crippen molar-refractivity contribution in [1.29, 1.82) is 0 Å². The lowest BCUT2D eigenvalue weighted by molar-refractivity contribution is 0.191. The third-order valence-electron chi connectivity index (χ3n) is 5.31. The molecule has 0 aromatic heterocycles. The zero-order valence-corrected chi connectivity index (χ0v) is 16.0. The van der Waals surface area contributed by atoms with E-state index in [0.29, 0.717) is 11.3 Å². The Morgan fingerprint density at radius 3 is 2.62 bits per heavy atom. The Morgan fingerprint density at radius 2 is 1.96 bits per heavy atom. The highest BCUT2D eigenvalue weighted by atomic mass is 32.1. The number of rotatable bonds is 5. The number of benzene rings is 1. The minimum absolute atomic E-state index is 0.0874. The van der Waals surface area contributed by atoms with E-state index in [0.717, 1.165) is 32.1 Å². The molecule has 3 N–H and O–H groups in total. The Kier molecular flexibility index (Phi) is 6.80. The van der Waals surface area contributed by atoms with E-state index in [9.17, 15) is 4.39 Å². The average Bonchev–Trinajstić information content (AvgIpc) is 2.63. The molecule has 2 aliphatic rings. The van der Waals surface area contributed by atoms with Crippen LogP contribution in [-0.2, 0) is 0 Å². The SMILES string of the molecule is NC(=S)NN=Cc1ccc(N2CCN(CC3CCCCC3)CC2)c(F)c1. The molecule has 1 aromatic carbocycles. The smallest absolute Gasteiger partial charge is 0.184 e. The van der Waals surface area contributed by atoms with Gasteiger partial charge in [-0.2, -0.15) is 5.10 Å². The Hall–Kier alpha value is -1.73. The highest BCUT2D eigenvalue weighted by molar-refractivity contribution is 7.80. The number of anilines is 1. The number of thiocarbonyl (C=S) groups is 1. The minimum atomic E-state index is -0.218. The number of nitrogens with one attached hydrogen (secondary N) is 1. The molecule has 1 aromatic rings. The molecule has 0 spiro atoms. The number of nitrogens with two attached hydrogens (primary N) is 1. The zero-order chi connectivity index (χ0) is 18.4. The number of halogens is 1. The van der Waals surface area contributed by atoms with Crippen molar-refractivity contribution in [2.45, 2.75) is 32.1 Å². The van der Waals surface area contributed by atoms with Crippen LogP contribution in [0.3, 0.4) is 0 Å². The Bertz CT molecular complexity index is 637. The number of hydrazone groups is 1. The van der Waals surface area contributed by atoms with E-state index in [-0.39, 0.29) is 10.9 Å². The summed E-state index contributed by atoms with van der Waals surface area (Å²) in [5, 5.41) is 3.95. The molecule has 2 fully saturated rings. The van der Waals surface area contributed by atoms with Crippen LogP contribution in [0.5, 0.6) is 0 Å². The first kappa shape index (κ1) is 19.0. The van der Waals surface area contributed by atoms with Gasteiger partial charge in [0.25, 0.3) is 0 Å². The lowest BCUT2D eigenvalue weighted by atomic mass is 9.89. The van der Waals surface area contributed by atoms with Gasteiger partial charge in [0.1, 0.15) is 5.82 Å². The second kappa shape index (κ2) is 9.28. The molecule has 0 unspecified atom stereocenters. The van der Waals surface area contributed by atoms with Crippen LogP contribution in [0.4, 0.5) is 10.1 Å². The van der Waals surface area contributed by atoms with Crippen molar-refractivity contribution in [1.82, 2.24) is 10.3 Å². The molecule has 0 bridgehead atoms. The summed E-state index contributed by atoms with van der Waals surface area (Å²) < 4.78 is 14.5. The first-order valence-electron chi connectivity index (χ1n) is 9.47. The first-order valence-corrected chi connectivity index (χ1v) is 9.88. The fourth-order valence-electron chi connectivity index (χ4n) is 3.94. The van der Waals surface area contributed by atoms with E-state index < -0.39 is 0 Å². The van der Waals surface area contributed by atoms with E-state index in [4.69, 9.17) is 5.73 Å². The van der Waals surface area contributed by atoms with Gasteiger partial charge in [0.15, 0.2) is 5.11 Å². The lowest BCUT2D eigenvalue weighted by Crippen LogP contribution is -2.48. The number of hydrogen-bond acceptors (Lipinski definition) is 4. The van der Waals surface area contributed by atoms with Gasteiger partial charge in [0.2, 0.25) is 0 Å². The first-order chi connectivity index (χ1) is 12.6. The highest BCUT2D eigenvalue weighted by Gasteiger charge is 2.22. The maximum absolute atomic E-state index is 14.5. The predicted molar refractivity (Wildman–Crippen MR) is 109 cm³/mol. The van der Waals surface area contributed by atoms with Crippen LogP contribution < -0.4 is 16.1 Å². The Morgan fingerprint density at radius 1 is 1.23 bits per heavy atom. The van der Waals surface area contributed by atoms with Crippen LogP contribution in [0.2, 0.25) is 0 Å². The van der Waals surface area contributed by atoms with Crippen LogP contribution in [0.15, 0.2) is 23.3 Å². The summed E-state index contributed by atoms with van der Waals surface area (Å²) in [5.41, 5.74) is 9.11. The molecule has 0 atom stereocenters. The Labute approximate surface area is 160 Å². The van der Waals surface area contributed by atoms with Gasteiger partial charge in [-0.3, -0.25) is 10.3 Å². The van der Waals surface area contributed by atoms with Gasteiger partial charge >= 0.3 is 0 Å². The number of hydrogen-bond donors (Lipinski definition) is 2. The normalized spacial score (nSPS) is 19.8. The van der Waals surface area contributed by atoms with E-state index in [1.54, 1.807) is 0 Å². The van der Waals surface area contributed by atoms with Gasteiger partial charge in [0.05, 0.1) is 11.9 Å². The van der Waals surface area contributed by atoms with Crippen molar-refractivity contribution >= 4 is 29.2 Å². The molecule has 142 valence electrons. The van der Waals surface area contributed by atoms with Crippen molar-refractivity contribution in [3.8, 4) is 0 Å². The topological polar surface area (TPSA) is 56.9 Å². The van der Waals surface area contributed by atoms with Crippen molar-refractivity contribution in [3.05, 3.63) is 29.6 Å². The monoisotopic (exact) mass is 377 g/mol. The number of nitrogens with zero attached hydrogens (tertiary/aromatic N) is 3. The molecule has 1 saturated carbocycles. The molecule has 0 amide bonds. The molecular formula is C19H28FN5S. The molecule has 1 aliphatic heterocycles. The molecule has 1 heterocycles. The fourth-order valence-corrected chi connectivity index (χ4v) is 3.99. The van der Waals surface area contributed by atoms with Crippen LogP contribution in [0, 0.1) is 11.7 Å². The van der Waals surface area contributed by atoms with E-state index in [1.807, 2.05) is 12.1 Å². The molecule has 1 aliphatic carbocycles. The highest BCUT2D eigenvalue weighted by Crippen LogP contribution is 2.26. The van der Waals surface area contributed by atoms with Crippen molar-refractivity contribution in [3.63, 3.8) is 0 Å². The van der Waals surface area contributed by atoms with Crippen LogP contribution >= 0.6 is 12.2 Å². The van der Waals surface area contributed by atoms with Gasteiger partial charge in [0, 0.05) is 32.7 Å². The van der Waals surface area contributed by atoms with Gasteiger partial charge in [-0.25, -0.2) is 4.39 Å². The summed E-state index contributed by atoms with van der Waals surface area (Å²) in [4.78, 5) is 4.69. The van der Waals surface area contributed by atoms with Gasteiger partial charge in [-0.1, -0.05) is 25.3 Å². The molecule has 26 heavy (non-hydrogen) atoms. The molecule has 0 radical (unpaired) electrons. The van der Waals surface area contributed by atoms with E-state index in [2.05, 4.69) is 32.5 Å². The molecule has 1 saturated heterocycles. The molecular weight excluding hydrogens is 349 g/mol. The minimum Gasteiger partial charge on any atom is -0.375 e. The maximum atomic E-state index is 14.5. The molecule has 7 heteroatoms. The third kappa shape index (κ3) is 5.38. The molecule has 3 rings (SSSR count). The quantitative estimate of drug-likeness (QED) is 0.469. The van der Waals surface area contributed by atoms with Crippen molar-refractivity contribution in [2.75, 3.05) is 37.6 Å². The maximum Gasteiger partial charge on any atom is 0.184 e. The second-order valence-electron chi connectivity index (χ2n) is 7.24. The fraction of sp³-hybridized carbons (Fsp3) is 0.579. The number of piperazine rings is 1. The average molecular weight is 378 g/mol. The zero-order valence-electron chi connectivity index (χ0n) is 15.2. The molecule has 5 nitrogen and oxygen atoms in total. The van der Waals surface area contributed by atoms with Crippen LogP contribution in [0.1, 0.15) is 37.7 Å². The summed E-state index contributed by atoms with van der Waals surface area (Å²) in [7, 11) is 0. The largest absolute Gasteiger partial charge is 0.375 e. The lowest BCUT2D eigenvalue weighted by Gasteiger charge is -2.38. The summed E-state index contributed by atoms with van der Waals surface area (Å²) in [6.07, 6.45) is 8.44. The summed E-state index contributed by atoms with van der Waals surface area (Å²) >= 11 is 4.67. The third-order valence-corrected chi connectivity index (χ3v) is 5.41. The predicted octanol–water partition coefficient (Wildman–Crippen LogP) is 2.70. The summed E-state index contributed by atoms with van der Waals surface area (Å²) in [6, 6.07) is 5.18. The van der Waals surface area contributed by atoms with Crippen molar-refractivity contribution < 1.29 is 4.39 Å². The van der Waals surface area contributed by atoms with Crippen molar-refractivity contribution in [2.24, 2.45) is 16.8 Å². The summed E-state index contributed by atoms with van der Waals surface area (Å²) in [5.74, 6) is 0.644. The summed E-state index contributed by atoms with van der Waals surface area (Å²) in [6.45, 7) is 4.98. The van der Waals surface area contributed by atoms with E-state index in [1.165, 1.54) is 50.9 Å². The van der Waals surface area contributed by atoms with Gasteiger partial charge in [-0.15, -0.1) is 0 Å². The van der Waals surface area contributed by atoms with Crippen LogP contribution in [0.25, 0.3) is 0 Å². The standard InChI is InChI=1S/C19H28FN5S/c20-17-12-16(13-22-23-19(21)26)6-7-18(17)25-10-8-24(9-11-25)14-15-4-2-1-3-5-15/h6-7,12-13,15H,1-5,8-11,14H2,(H3,21,23,26). The van der Waals surface area contributed by atoms with Crippen LogP contribution in [-0.4, -0.2) is 49.0 Å². The van der Waals surface area contributed by atoms with E-state index >= 15 is 0 Å². The Balaban J connectivity index is 1.52.